The summed E-state index contributed by atoms with van der Waals surface area (Å²) in [4.78, 5) is 30.1. The summed E-state index contributed by atoms with van der Waals surface area (Å²) in [7, 11) is 1.70. The molecular weight excluding hydrogens is 745 g/mol. The summed E-state index contributed by atoms with van der Waals surface area (Å²) in [6, 6.07) is 40.9. The van der Waals surface area contributed by atoms with Crippen molar-refractivity contribution < 1.29 is 19.1 Å². The number of para-hydroxylation sites is 3. The minimum Gasteiger partial charge on any atom is -0.497 e. The van der Waals surface area contributed by atoms with Crippen molar-refractivity contribution in [3.05, 3.63) is 167 Å². The van der Waals surface area contributed by atoms with Gasteiger partial charge in [-0.3, -0.25) is 9.59 Å². The molecule has 7 aromatic rings. The lowest BCUT2D eigenvalue weighted by Gasteiger charge is -2.22. The van der Waals surface area contributed by atoms with E-state index in [1.165, 1.54) is 44.1 Å². The van der Waals surface area contributed by atoms with Crippen LogP contribution in [0.2, 0.25) is 0 Å². The van der Waals surface area contributed by atoms with Gasteiger partial charge in [0.05, 0.1) is 7.11 Å². The number of hydrogen-bond donors (Lipinski definition) is 0. The summed E-state index contributed by atoms with van der Waals surface area (Å²) in [5.74, 6) is 2.54. The molecule has 9 rings (SSSR count). The summed E-state index contributed by atoms with van der Waals surface area (Å²) >= 11 is 0. The van der Waals surface area contributed by atoms with Gasteiger partial charge in [0.15, 0.2) is 6.10 Å². The Hall–Kier alpha value is -6.28. The van der Waals surface area contributed by atoms with E-state index in [9.17, 15) is 9.59 Å². The van der Waals surface area contributed by atoms with Crippen LogP contribution in [-0.2, 0) is 17.9 Å². The van der Waals surface area contributed by atoms with E-state index in [2.05, 4.69) is 102 Å². The van der Waals surface area contributed by atoms with E-state index in [-0.39, 0.29) is 11.8 Å². The van der Waals surface area contributed by atoms with Gasteiger partial charge in [0.2, 0.25) is 0 Å². The number of amides is 2. The van der Waals surface area contributed by atoms with Crippen LogP contribution in [0.1, 0.15) is 76.7 Å². The molecule has 0 N–H and O–H groups in total. The van der Waals surface area contributed by atoms with E-state index in [0.29, 0.717) is 18.4 Å². The second-order valence-corrected chi connectivity index (χ2v) is 16.3. The van der Waals surface area contributed by atoms with Crippen LogP contribution in [-0.4, -0.2) is 70.1 Å². The maximum atomic E-state index is 13.1. The lowest BCUT2D eigenvalue weighted by molar-refractivity contribution is -0.136. The number of rotatable bonds is 10. The number of nitrogens with zero attached hydrogens (tertiary/aromatic N) is 4. The Bertz CT molecular complexity index is 2610. The van der Waals surface area contributed by atoms with Gasteiger partial charge in [0, 0.05) is 90.9 Å². The average molecular weight is 801 g/mol. The topological polar surface area (TPSA) is 68.9 Å². The zero-order chi connectivity index (χ0) is 41.8. The summed E-state index contributed by atoms with van der Waals surface area (Å²) in [6.07, 6.45) is 6.05. The first-order chi connectivity index (χ1) is 29.2. The molecule has 0 spiro atoms. The van der Waals surface area contributed by atoms with Crippen LogP contribution in [0.15, 0.2) is 134 Å². The standard InChI is InChI=1S/C29H30N2O3.C23H26N2O/c1-21(34-24-10-4-3-5-11-24)29(32)30-16-15-23(19-30)27-20-31(28-14-7-6-13-26(27)28)18-22-9-8-12-25(17-22)33-2;1-4-24-15-21(20-9-5-6-11-22(20)24)18-12-13-25(14-18)23(26)19-10-7-8-16(2)17(19)3/h3-14,17,20-21,23H,15-16,18-19H2,1-2H3;5-11,15,18H,4,12-14H2,1-3H3. The molecule has 2 aliphatic rings. The molecule has 2 amide bonds. The Morgan fingerprint density at radius 3 is 1.95 bits per heavy atom. The van der Waals surface area contributed by atoms with Crippen molar-refractivity contribution in [3.8, 4) is 11.5 Å². The first kappa shape index (κ1) is 40.5. The van der Waals surface area contributed by atoms with E-state index in [1.807, 2.05) is 78.2 Å². The summed E-state index contributed by atoms with van der Waals surface area (Å²) in [6.45, 7) is 13.0. The summed E-state index contributed by atoms with van der Waals surface area (Å²) in [5.41, 5.74) is 9.53. The lowest BCUT2D eigenvalue weighted by Crippen LogP contribution is -2.39. The first-order valence-electron chi connectivity index (χ1n) is 21.4. The normalized spacial score (nSPS) is 16.8. The summed E-state index contributed by atoms with van der Waals surface area (Å²) < 4.78 is 15.9. The molecule has 60 heavy (non-hydrogen) atoms. The highest BCUT2D eigenvalue weighted by molar-refractivity contribution is 5.96. The maximum absolute atomic E-state index is 13.1. The zero-order valence-electron chi connectivity index (χ0n) is 35.5. The second-order valence-electron chi connectivity index (χ2n) is 16.3. The first-order valence-corrected chi connectivity index (χ1v) is 21.4. The Labute approximate surface area is 353 Å². The second kappa shape index (κ2) is 17.9. The fourth-order valence-corrected chi connectivity index (χ4v) is 9.14. The molecule has 3 atom stereocenters. The maximum Gasteiger partial charge on any atom is 0.263 e. The Morgan fingerprint density at radius 2 is 1.27 bits per heavy atom. The zero-order valence-corrected chi connectivity index (χ0v) is 35.5. The third kappa shape index (κ3) is 8.42. The molecule has 0 aliphatic carbocycles. The van der Waals surface area contributed by atoms with Gasteiger partial charge in [-0.1, -0.05) is 78.9 Å². The van der Waals surface area contributed by atoms with Gasteiger partial charge in [-0.05, 0) is 111 Å². The van der Waals surface area contributed by atoms with Crippen LogP contribution in [0, 0.1) is 13.8 Å². The van der Waals surface area contributed by atoms with Gasteiger partial charge in [0.1, 0.15) is 11.5 Å². The molecule has 308 valence electrons. The molecule has 8 nitrogen and oxygen atoms in total. The van der Waals surface area contributed by atoms with E-state index >= 15 is 0 Å². The predicted molar refractivity (Wildman–Crippen MR) is 241 cm³/mol. The highest BCUT2D eigenvalue weighted by atomic mass is 16.5. The number of benzene rings is 5. The highest BCUT2D eigenvalue weighted by Crippen LogP contribution is 2.36. The van der Waals surface area contributed by atoms with Crippen molar-refractivity contribution in [3.63, 3.8) is 0 Å². The monoisotopic (exact) mass is 800 g/mol. The average Bonchev–Trinajstić information content (AvgIpc) is 4.11. The molecule has 2 saturated heterocycles. The van der Waals surface area contributed by atoms with Crippen LogP contribution in [0.4, 0.5) is 0 Å². The molecular formula is C52H56N4O4. The van der Waals surface area contributed by atoms with Crippen LogP contribution >= 0.6 is 0 Å². The number of likely N-dealkylation sites (tertiary alicyclic amines) is 2. The minimum absolute atomic E-state index is 0.0477. The van der Waals surface area contributed by atoms with E-state index < -0.39 is 6.10 Å². The lowest BCUT2D eigenvalue weighted by atomic mass is 9.98. The minimum atomic E-state index is -0.504. The number of carbonyl (C=O) groups is 2. The Balaban J connectivity index is 0.000000172. The largest absolute Gasteiger partial charge is 0.497 e. The molecule has 2 fully saturated rings. The van der Waals surface area contributed by atoms with Gasteiger partial charge >= 0.3 is 0 Å². The van der Waals surface area contributed by atoms with Gasteiger partial charge in [0.25, 0.3) is 11.8 Å². The number of methoxy groups -OCH3 is 1. The SMILES string of the molecule is CCn1cc(C2CCN(C(=O)c3cccc(C)c3C)C2)c2ccccc21.COc1cccc(Cn2cc(C3CCN(C(=O)C(C)Oc4ccccc4)C3)c3ccccc32)c1. The third-order valence-electron chi connectivity index (χ3n) is 12.6. The fraction of sp³-hybridized carbons (Fsp3) is 0.308. The molecule has 0 radical (unpaired) electrons. The smallest absolute Gasteiger partial charge is 0.263 e. The number of ether oxygens (including phenoxy) is 2. The molecule has 4 heterocycles. The van der Waals surface area contributed by atoms with E-state index in [1.54, 1.807) is 7.11 Å². The molecule has 8 heteroatoms. The Kier molecular flexibility index (Phi) is 12.1. The van der Waals surface area contributed by atoms with Crippen molar-refractivity contribution in [1.82, 2.24) is 18.9 Å². The van der Waals surface area contributed by atoms with Crippen molar-refractivity contribution in [2.24, 2.45) is 0 Å². The molecule has 0 saturated carbocycles. The number of aryl methyl sites for hydroxylation is 2. The van der Waals surface area contributed by atoms with Crippen molar-refractivity contribution in [2.75, 3.05) is 33.3 Å². The van der Waals surface area contributed by atoms with Gasteiger partial charge in [-0.25, -0.2) is 0 Å². The van der Waals surface area contributed by atoms with Crippen LogP contribution in [0.25, 0.3) is 21.8 Å². The van der Waals surface area contributed by atoms with Crippen molar-refractivity contribution in [2.45, 2.75) is 71.6 Å². The van der Waals surface area contributed by atoms with E-state index in [0.717, 1.165) is 68.2 Å². The molecule has 3 unspecified atom stereocenters. The van der Waals surface area contributed by atoms with Gasteiger partial charge in [-0.15, -0.1) is 0 Å². The highest BCUT2D eigenvalue weighted by Gasteiger charge is 2.33. The van der Waals surface area contributed by atoms with Crippen molar-refractivity contribution >= 4 is 33.6 Å². The molecule has 2 aliphatic heterocycles. The third-order valence-corrected chi connectivity index (χ3v) is 12.6. The van der Waals surface area contributed by atoms with Crippen LogP contribution < -0.4 is 9.47 Å². The number of aromatic nitrogens is 2. The van der Waals surface area contributed by atoms with Crippen LogP contribution in [0.3, 0.4) is 0 Å². The fourth-order valence-electron chi connectivity index (χ4n) is 9.14. The number of carbonyl (C=O) groups excluding carboxylic acids is 2. The molecule has 2 aromatic heterocycles. The molecule has 5 aromatic carbocycles. The quantitative estimate of drug-likeness (QED) is 0.138. The van der Waals surface area contributed by atoms with Gasteiger partial charge in [-0.2, -0.15) is 0 Å². The number of fused-ring (bicyclic) bond motifs is 2. The van der Waals surface area contributed by atoms with Gasteiger partial charge < -0.3 is 28.4 Å². The predicted octanol–water partition coefficient (Wildman–Crippen LogP) is 10.4. The Morgan fingerprint density at radius 1 is 0.683 bits per heavy atom. The molecule has 0 bridgehead atoms. The van der Waals surface area contributed by atoms with Crippen molar-refractivity contribution in [1.29, 1.82) is 0 Å². The number of hydrogen-bond acceptors (Lipinski definition) is 4. The van der Waals surface area contributed by atoms with Crippen LogP contribution in [0.5, 0.6) is 11.5 Å². The van der Waals surface area contributed by atoms with E-state index in [4.69, 9.17) is 9.47 Å². The summed E-state index contributed by atoms with van der Waals surface area (Å²) in [5, 5.41) is 2.60.